The van der Waals surface area contributed by atoms with E-state index in [1.54, 1.807) is 4.90 Å². The van der Waals surface area contributed by atoms with Crippen molar-refractivity contribution in [3.63, 3.8) is 0 Å². The Balaban J connectivity index is 2.03. The van der Waals surface area contributed by atoms with Crippen LogP contribution in [0.3, 0.4) is 0 Å². The molecular weight excluding hydrogens is 240 g/mol. The predicted molar refractivity (Wildman–Crippen MR) is 75.0 cm³/mol. The number of carbonyl (C=O) groups excluding carboxylic acids is 2. The summed E-state index contributed by atoms with van der Waals surface area (Å²) >= 11 is 0. The van der Waals surface area contributed by atoms with Crippen LogP contribution in [0.5, 0.6) is 0 Å². The van der Waals surface area contributed by atoms with Gasteiger partial charge in [0, 0.05) is 25.7 Å². The van der Waals surface area contributed by atoms with Gasteiger partial charge in [-0.05, 0) is 31.9 Å². The van der Waals surface area contributed by atoms with E-state index in [9.17, 15) is 9.59 Å². The summed E-state index contributed by atoms with van der Waals surface area (Å²) in [5, 5.41) is 2.99. The Labute approximate surface area is 113 Å². The number of rotatable bonds is 2. The van der Waals surface area contributed by atoms with Crippen molar-refractivity contribution in [1.82, 2.24) is 4.90 Å². The topological polar surface area (TPSA) is 49.4 Å². The Morgan fingerprint density at radius 1 is 1.16 bits per heavy atom. The maximum atomic E-state index is 12.1. The van der Waals surface area contributed by atoms with Gasteiger partial charge in [-0.25, -0.2) is 0 Å². The van der Waals surface area contributed by atoms with Crippen molar-refractivity contribution in [1.29, 1.82) is 0 Å². The molecule has 2 rings (SSSR count). The largest absolute Gasteiger partial charge is 0.341 e. The summed E-state index contributed by atoms with van der Waals surface area (Å²) in [7, 11) is 0. The third kappa shape index (κ3) is 2.78. The highest BCUT2D eigenvalue weighted by Crippen LogP contribution is 2.24. The minimum atomic E-state index is -0.0796. The molecule has 102 valence electrons. The van der Waals surface area contributed by atoms with Crippen LogP contribution in [-0.2, 0) is 9.59 Å². The molecule has 0 unspecified atom stereocenters. The Kier molecular flexibility index (Phi) is 3.60. The first-order valence-corrected chi connectivity index (χ1v) is 6.52. The standard InChI is InChI=1S/C15H20N2O2/c1-9-5-10(2)14(11(3)6-9)16-15(19)13-7-17(8-13)12(4)18/h5-6,13H,7-8H2,1-4H3,(H,16,19). The SMILES string of the molecule is CC(=O)N1CC(C(=O)Nc2c(C)cc(C)cc2C)C1. The molecule has 0 atom stereocenters. The van der Waals surface area contributed by atoms with Crippen molar-refractivity contribution in [3.05, 3.63) is 28.8 Å². The molecule has 0 aliphatic carbocycles. The van der Waals surface area contributed by atoms with Gasteiger partial charge in [0.05, 0.1) is 5.92 Å². The molecule has 4 heteroatoms. The number of hydrogen-bond acceptors (Lipinski definition) is 2. The lowest BCUT2D eigenvalue weighted by molar-refractivity contribution is -0.139. The Morgan fingerprint density at radius 3 is 2.16 bits per heavy atom. The van der Waals surface area contributed by atoms with E-state index in [1.165, 1.54) is 12.5 Å². The van der Waals surface area contributed by atoms with E-state index in [2.05, 4.69) is 17.4 Å². The van der Waals surface area contributed by atoms with Crippen molar-refractivity contribution in [2.24, 2.45) is 5.92 Å². The fourth-order valence-electron chi connectivity index (χ4n) is 2.50. The first kappa shape index (κ1) is 13.6. The highest BCUT2D eigenvalue weighted by atomic mass is 16.2. The molecule has 0 saturated carbocycles. The van der Waals surface area contributed by atoms with Gasteiger partial charge in [-0.15, -0.1) is 0 Å². The number of aryl methyl sites for hydroxylation is 3. The van der Waals surface area contributed by atoms with Crippen LogP contribution in [0.2, 0.25) is 0 Å². The minimum absolute atomic E-state index is 0.00699. The first-order valence-electron chi connectivity index (χ1n) is 6.52. The van der Waals surface area contributed by atoms with Gasteiger partial charge in [-0.2, -0.15) is 0 Å². The number of likely N-dealkylation sites (tertiary alicyclic amines) is 1. The molecule has 1 aliphatic heterocycles. The van der Waals surface area contributed by atoms with E-state index in [1.807, 2.05) is 20.8 Å². The lowest BCUT2D eigenvalue weighted by Gasteiger charge is -2.37. The van der Waals surface area contributed by atoms with Crippen molar-refractivity contribution >= 4 is 17.5 Å². The lowest BCUT2D eigenvalue weighted by atomic mass is 9.98. The van der Waals surface area contributed by atoms with E-state index in [4.69, 9.17) is 0 Å². The molecule has 2 amide bonds. The van der Waals surface area contributed by atoms with E-state index < -0.39 is 0 Å². The lowest BCUT2D eigenvalue weighted by Crippen LogP contribution is -2.53. The van der Waals surface area contributed by atoms with Crippen molar-refractivity contribution in [3.8, 4) is 0 Å². The third-order valence-corrected chi connectivity index (χ3v) is 3.62. The van der Waals surface area contributed by atoms with E-state index in [-0.39, 0.29) is 17.7 Å². The second-order valence-electron chi connectivity index (χ2n) is 5.38. The number of nitrogens with one attached hydrogen (secondary N) is 1. The number of benzene rings is 1. The average Bonchev–Trinajstić information content (AvgIpc) is 2.20. The van der Waals surface area contributed by atoms with Gasteiger partial charge < -0.3 is 10.2 Å². The maximum absolute atomic E-state index is 12.1. The Morgan fingerprint density at radius 2 is 1.68 bits per heavy atom. The van der Waals surface area contributed by atoms with Crippen molar-refractivity contribution in [2.75, 3.05) is 18.4 Å². The molecule has 0 spiro atoms. The van der Waals surface area contributed by atoms with Gasteiger partial charge in [0.15, 0.2) is 0 Å². The molecule has 19 heavy (non-hydrogen) atoms. The fraction of sp³-hybridized carbons (Fsp3) is 0.467. The van der Waals surface area contributed by atoms with Crippen LogP contribution in [-0.4, -0.2) is 29.8 Å². The molecule has 0 bridgehead atoms. The zero-order chi connectivity index (χ0) is 14.2. The highest BCUT2D eigenvalue weighted by molar-refractivity contribution is 5.95. The van der Waals surface area contributed by atoms with Crippen molar-refractivity contribution < 1.29 is 9.59 Å². The van der Waals surface area contributed by atoms with E-state index >= 15 is 0 Å². The summed E-state index contributed by atoms with van der Waals surface area (Å²) in [4.78, 5) is 24.9. The molecule has 1 aliphatic rings. The molecule has 1 fully saturated rings. The first-order chi connectivity index (χ1) is 8.88. The summed E-state index contributed by atoms with van der Waals surface area (Å²) in [6, 6.07) is 4.12. The molecule has 1 heterocycles. The van der Waals surface area contributed by atoms with Gasteiger partial charge in [0.1, 0.15) is 0 Å². The van der Waals surface area contributed by atoms with Gasteiger partial charge in [-0.1, -0.05) is 17.7 Å². The number of carbonyl (C=O) groups is 2. The van der Waals surface area contributed by atoms with E-state index in [0.717, 1.165) is 16.8 Å². The van der Waals surface area contributed by atoms with Crippen LogP contribution < -0.4 is 5.32 Å². The highest BCUT2D eigenvalue weighted by Gasteiger charge is 2.34. The van der Waals surface area contributed by atoms with Crippen LogP contribution in [0.25, 0.3) is 0 Å². The van der Waals surface area contributed by atoms with Gasteiger partial charge in [0.25, 0.3) is 0 Å². The smallest absolute Gasteiger partial charge is 0.231 e. The molecule has 0 aromatic heterocycles. The van der Waals surface area contributed by atoms with Crippen LogP contribution >= 0.6 is 0 Å². The zero-order valence-corrected chi connectivity index (χ0v) is 11.9. The number of nitrogens with zero attached hydrogens (tertiary/aromatic N) is 1. The normalized spacial score (nSPS) is 15.1. The summed E-state index contributed by atoms with van der Waals surface area (Å²) in [6.07, 6.45) is 0. The molecule has 1 N–H and O–H groups in total. The van der Waals surface area contributed by atoms with Crippen molar-refractivity contribution in [2.45, 2.75) is 27.7 Å². The molecule has 0 radical (unpaired) electrons. The summed E-state index contributed by atoms with van der Waals surface area (Å²) < 4.78 is 0. The zero-order valence-electron chi connectivity index (χ0n) is 11.9. The van der Waals surface area contributed by atoms with E-state index in [0.29, 0.717) is 13.1 Å². The number of anilines is 1. The summed E-state index contributed by atoms with van der Waals surface area (Å²) in [5.41, 5.74) is 4.25. The Hall–Kier alpha value is -1.84. The number of amides is 2. The molecule has 1 aromatic carbocycles. The quantitative estimate of drug-likeness (QED) is 0.884. The van der Waals surface area contributed by atoms with Gasteiger partial charge >= 0.3 is 0 Å². The van der Waals surface area contributed by atoms with Gasteiger partial charge in [-0.3, -0.25) is 9.59 Å². The third-order valence-electron chi connectivity index (χ3n) is 3.62. The predicted octanol–water partition coefficient (Wildman–Crippen LogP) is 2.03. The number of hydrogen-bond donors (Lipinski definition) is 1. The Bertz CT molecular complexity index is 508. The van der Waals surface area contributed by atoms with Gasteiger partial charge in [0.2, 0.25) is 11.8 Å². The maximum Gasteiger partial charge on any atom is 0.231 e. The molecule has 1 aromatic rings. The minimum Gasteiger partial charge on any atom is -0.341 e. The molecule has 1 saturated heterocycles. The van der Waals surface area contributed by atoms with Crippen LogP contribution in [0, 0.1) is 26.7 Å². The summed E-state index contributed by atoms with van der Waals surface area (Å²) in [6.45, 7) is 8.64. The molecular formula is C15H20N2O2. The van der Waals surface area contributed by atoms with Crippen LogP contribution in [0.1, 0.15) is 23.6 Å². The van der Waals surface area contributed by atoms with Crippen LogP contribution in [0.4, 0.5) is 5.69 Å². The monoisotopic (exact) mass is 260 g/mol. The second kappa shape index (κ2) is 5.03. The second-order valence-corrected chi connectivity index (χ2v) is 5.38. The van der Waals surface area contributed by atoms with Crippen LogP contribution in [0.15, 0.2) is 12.1 Å². The molecule has 4 nitrogen and oxygen atoms in total. The summed E-state index contributed by atoms with van der Waals surface area (Å²) in [5.74, 6) is -0.0386. The fourth-order valence-corrected chi connectivity index (χ4v) is 2.50. The average molecular weight is 260 g/mol.